The van der Waals surface area contributed by atoms with Crippen LogP contribution in [0, 0.1) is 11.3 Å². The van der Waals surface area contributed by atoms with Crippen molar-refractivity contribution in [1.29, 1.82) is 0 Å². The number of nitrogens with zero attached hydrogens (tertiary/aromatic N) is 1. The SMILES string of the molecule is CC1(C)CCN(C2CC2)CC1CCO. The van der Waals surface area contributed by atoms with Gasteiger partial charge in [0.1, 0.15) is 0 Å². The predicted octanol–water partition coefficient (Wildman–Crippen LogP) is 1.88. The first-order valence-corrected chi connectivity index (χ1v) is 5.98. The Morgan fingerprint density at radius 3 is 2.64 bits per heavy atom. The highest BCUT2D eigenvalue weighted by Gasteiger charge is 2.39. The first-order valence-electron chi connectivity index (χ1n) is 5.98. The molecule has 0 aromatic carbocycles. The second-order valence-electron chi connectivity index (χ2n) is 5.67. The molecule has 82 valence electrons. The Balaban J connectivity index is 1.94. The molecule has 1 aliphatic carbocycles. The number of aliphatic hydroxyl groups excluding tert-OH is 1. The number of rotatable bonds is 3. The summed E-state index contributed by atoms with van der Waals surface area (Å²) >= 11 is 0. The van der Waals surface area contributed by atoms with Gasteiger partial charge in [-0.05, 0) is 43.6 Å². The first-order chi connectivity index (χ1) is 6.63. The summed E-state index contributed by atoms with van der Waals surface area (Å²) in [6.07, 6.45) is 5.10. The molecule has 1 saturated carbocycles. The van der Waals surface area contributed by atoms with Crippen molar-refractivity contribution >= 4 is 0 Å². The second kappa shape index (κ2) is 3.82. The minimum atomic E-state index is 0.354. The van der Waals surface area contributed by atoms with Gasteiger partial charge >= 0.3 is 0 Å². The maximum atomic E-state index is 9.07. The van der Waals surface area contributed by atoms with Gasteiger partial charge in [0, 0.05) is 19.2 Å². The Bertz CT molecular complexity index is 198. The smallest absolute Gasteiger partial charge is 0.0434 e. The molecule has 14 heavy (non-hydrogen) atoms. The van der Waals surface area contributed by atoms with E-state index < -0.39 is 0 Å². The highest BCUT2D eigenvalue weighted by Crippen LogP contribution is 2.40. The summed E-state index contributed by atoms with van der Waals surface area (Å²) in [4.78, 5) is 2.64. The molecule has 0 radical (unpaired) electrons. The van der Waals surface area contributed by atoms with E-state index in [1.165, 1.54) is 32.4 Å². The maximum absolute atomic E-state index is 9.07. The van der Waals surface area contributed by atoms with Crippen LogP contribution in [0.1, 0.15) is 39.5 Å². The van der Waals surface area contributed by atoms with E-state index >= 15 is 0 Å². The van der Waals surface area contributed by atoms with Crippen molar-refractivity contribution in [3.05, 3.63) is 0 Å². The minimum Gasteiger partial charge on any atom is -0.396 e. The molecule has 2 rings (SSSR count). The molecule has 1 atom stereocenters. The number of hydrogen-bond donors (Lipinski definition) is 1. The number of likely N-dealkylation sites (tertiary alicyclic amines) is 1. The van der Waals surface area contributed by atoms with Crippen LogP contribution in [-0.4, -0.2) is 35.7 Å². The molecule has 2 aliphatic rings. The van der Waals surface area contributed by atoms with Gasteiger partial charge in [-0.25, -0.2) is 0 Å². The molecule has 1 saturated heterocycles. The van der Waals surface area contributed by atoms with Crippen LogP contribution in [0.5, 0.6) is 0 Å². The number of hydrogen-bond acceptors (Lipinski definition) is 2. The average Bonchev–Trinajstić information content (AvgIpc) is 2.92. The van der Waals surface area contributed by atoms with Crippen molar-refractivity contribution < 1.29 is 5.11 Å². The third-order valence-electron chi connectivity index (χ3n) is 4.14. The van der Waals surface area contributed by atoms with Gasteiger partial charge in [-0.2, -0.15) is 0 Å². The van der Waals surface area contributed by atoms with Gasteiger partial charge in [0.2, 0.25) is 0 Å². The van der Waals surface area contributed by atoms with Crippen LogP contribution >= 0.6 is 0 Å². The van der Waals surface area contributed by atoms with Crippen LogP contribution in [0.3, 0.4) is 0 Å². The van der Waals surface area contributed by atoms with Crippen LogP contribution in [0.4, 0.5) is 0 Å². The van der Waals surface area contributed by atoms with E-state index in [1.807, 2.05) is 0 Å². The molecule has 1 N–H and O–H groups in total. The summed E-state index contributed by atoms with van der Waals surface area (Å²) in [5, 5.41) is 9.07. The molecular formula is C12H23NO. The number of piperidine rings is 1. The second-order valence-corrected chi connectivity index (χ2v) is 5.67. The van der Waals surface area contributed by atoms with Crippen molar-refractivity contribution in [2.75, 3.05) is 19.7 Å². The van der Waals surface area contributed by atoms with E-state index in [0.29, 0.717) is 17.9 Å². The van der Waals surface area contributed by atoms with Gasteiger partial charge in [0.05, 0.1) is 0 Å². The van der Waals surface area contributed by atoms with Gasteiger partial charge < -0.3 is 10.0 Å². The lowest BCUT2D eigenvalue weighted by atomic mass is 9.72. The lowest BCUT2D eigenvalue weighted by molar-refractivity contribution is 0.0397. The Hall–Kier alpha value is -0.0800. The molecule has 2 nitrogen and oxygen atoms in total. The van der Waals surface area contributed by atoms with Crippen molar-refractivity contribution in [2.45, 2.75) is 45.6 Å². The zero-order chi connectivity index (χ0) is 10.2. The fourth-order valence-electron chi connectivity index (χ4n) is 2.67. The predicted molar refractivity (Wildman–Crippen MR) is 58.2 cm³/mol. The lowest BCUT2D eigenvalue weighted by Crippen LogP contribution is -2.45. The molecule has 1 heterocycles. The summed E-state index contributed by atoms with van der Waals surface area (Å²) in [7, 11) is 0. The van der Waals surface area contributed by atoms with Crippen LogP contribution in [-0.2, 0) is 0 Å². The molecule has 1 aliphatic heterocycles. The van der Waals surface area contributed by atoms with E-state index in [0.717, 1.165) is 12.5 Å². The van der Waals surface area contributed by atoms with Crippen LogP contribution in [0.2, 0.25) is 0 Å². The monoisotopic (exact) mass is 197 g/mol. The fourth-order valence-corrected chi connectivity index (χ4v) is 2.67. The Morgan fingerprint density at radius 2 is 2.07 bits per heavy atom. The molecule has 0 bridgehead atoms. The summed E-state index contributed by atoms with van der Waals surface area (Å²) < 4.78 is 0. The largest absolute Gasteiger partial charge is 0.396 e. The third kappa shape index (κ3) is 2.12. The summed E-state index contributed by atoms with van der Waals surface area (Å²) in [6, 6.07) is 0.896. The van der Waals surface area contributed by atoms with Gasteiger partial charge in [-0.1, -0.05) is 13.8 Å². The standard InChI is InChI=1S/C12H23NO/c1-12(2)6-7-13(11-3-4-11)9-10(12)5-8-14/h10-11,14H,3-9H2,1-2H3. The Labute approximate surface area is 87.3 Å². The Morgan fingerprint density at radius 1 is 1.36 bits per heavy atom. The lowest BCUT2D eigenvalue weighted by Gasteiger charge is -2.44. The van der Waals surface area contributed by atoms with E-state index in [-0.39, 0.29) is 0 Å². The molecule has 0 spiro atoms. The van der Waals surface area contributed by atoms with Gasteiger partial charge in [-0.3, -0.25) is 0 Å². The molecule has 1 unspecified atom stereocenters. The van der Waals surface area contributed by atoms with Crippen molar-refractivity contribution in [2.24, 2.45) is 11.3 Å². The topological polar surface area (TPSA) is 23.5 Å². The van der Waals surface area contributed by atoms with Crippen molar-refractivity contribution in [3.8, 4) is 0 Å². The first kappa shape index (κ1) is 10.4. The van der Waals surface area contributed by atoms with Crippen LogP contribution in [0.15, 0.2) is 0 Å². The average molecular weight is 197 g/mol. The van der Waals surface area contributed by atoms with Crippen molar-refractivity contribution in [3.63, 3.8) is 0 Å². The molecular weight excluding hydrogens is 174 g/mol. The summed E-state index contributed by atoms with van der Waals surface area (Å²) in [5.41, 5.74) is 0.439. The summed E-state index contributed by atoms with van der Waals surface area (Å²) in [5.74, 6) is 0.696. The van der Waals surface area contributed by atoms with E-state index in [1.54, 1.807) is 0 Å². The maximum Gasteiger partial charge on any atom is 0.0434 e. The number of aliphatic hydroxyl groups is 1. The molecule has 0 aromatic rings. The van der Waals surface area contributed by atoms with Gasteiger partial charge in [0.25, 0.3) is 0 Å². The van der Waals surface area contributed by atoms with E-state index in [4.69, 9.17) is 5.11 Å². The Kier molecular flexibility index (Phi) is 2.85. The third-order valence-corrected chi connectivity index (χ3v) is 4.14. The fraction of sp³-hybridized carbons (Fsp3) is 1.00. The van der Waals surface area contributed by atoms with Gasteiger partial charge in [0.15, 0.2) is 0 Å². The minimum absolute atomic E-state index is 0.354. The zero-order valence-corrected chi connectivity index (χ0v) is 9.50. The van der Waals surface area contributed by atoms with Crippen LogP contribution in [0.25, 0.3) is 0 Å². The van der Waals surface area contributed by atoms with Crippen molar-refractivity contribution in [1.82, 2.24) is 4.90 Å². The van der Waals surface area contributed by atoms with E-state index in [9.17, 15) is 0 Å². The molecule has 2 fully saturated rings. The quantitative estimate of drug-likeness (QED) is 0.746. The summed E-state index contributed by atoms with van der Waals surface area (Å²) in [6.45, 7) is 7.57. The zero-order valence-electron chi connectivity index (χ0n) is 9.50. The highest BCUT2D eigenvalue weighted by atomic mass is 16.3. The highest BCUT2D eigenvalue weighted by molar-refractivity contribution is 4.93. The van der Waals surface area contributed by atoms with E-state index in [2.05, 4.69) is 18.7 Å². The molecule has 0 aromatic heterocycles. The molecule has 0 amide bonds. The normalized spacial score (nSPS) is 33.2. The molecule has 2 heteroatoms. The van der Waals surface area contributed by atoms with Crippen LogP contribution < -0.4 is 0 Å². The van der Waals surface area contributed by atoms with Gasteiger partial charge in [-0.15, -0.1) is 0 Å².